The molecule has 4 nitrogen and oxygen atoms in total. The number of hydrogen-bond donors (Lipinski definition) is 1. The van der Waals surface area contributed by atoms with Gasteiger partial charge in [-0.2, -0.15) is 4.98 Å². The van der Waals surface area contributed by atoms with Gasteiger partial charge in [0, 0.05) is 19.5 Å². The quantitative estimate of drug-likeness (QED) is 0.912. The number of aryl methyl sites for hydroxylation is 1. The second-order valence-corrected chi connectivity index (χ2v) is 6.76. The van der Waals surface area contributed by atoms with Gasteiger partial charge in [0.15, 0.2) is 0 Å². The van der Waals surface area contributed by atoms with Gasteiger partial charge in [0.05, 0.1) is 0 Å². The van der Waals surface area contributed by atoms with Crippen molar-refractivity contribution in [3.8, 4) is 5.88 Å². The van der Waals surface area contributed by atoms with E-state index in [0.29, 0.717) is 17.2 Å². The molecule has 0 amide bonds. The first kappa shape index (κ1) is 15.1. The fourth-order valence-electron chi connectivity index (χ4n) is 3.34. The Bertz CT molecular complexity index is 437. The zero-order valence-corrected chi connectivity index (χ0v) is 13.4. The molecule has 112 valence electrons. The normalized spacial score (nSPS) is 25.2. The molecule has 2 rings (SSSR count). The van der Waals surface area contributed by atoms with Gasteiger partial charge in [-0.1, -0.05) is 27.7 Å². The minimum atomic E-state index is 0.262. The van der Waals surface area contributed by atoms with E-state index in [0.717, 1.165) is 30.9 Å². The monoisotopic (exact) mass is 277 g/mol. The predicted octanol–water partition coefficient (Wildman–Crippen LogP) is 3.67. The lowest BCUT2D eigenvalue weighted by molar-refractivity contribution is 0.0531. The minimum Gasteiger partial charge on any atom is -0.474 e. The molecule has 1 aromatic rings. The summed E-state index contributed by atoms with van der Waals surface area (Å²) in [5.41, 5.74) is 0.356. The molecule has 1 aliphatic carbocycles. The third kappa shape index (κ3) is 3.84. The summed E-state index contributed by atoms with van der Waals surface area (Å²) in [7, 11) is 1.87. The Balaban J connectivity index is 2.12. The molecule has 2 unspecified atom stereocenters. The maximum Gasteiger partial charge on any atom is 0.218 e. The van der Waals surface area contributed by atoms with Crippen molar-refractivity contribution in [2.45, 2.75) is 59.5 Å². The van der Waals surface area contributed by atoms with Crippen LogP contribution in [0.4, 0.5) is 5.82 Å². The summed E-state index contributed by atoms with van der Waals surface area (Å²) in [4.78, 5) is 8.90. The first-order valence-electron chi connectivity index (χ1n) is 7.64. The third-order valence-corrected chi connectivity index (χ3v) is 3.96. The Kier molecular flexibility index (Phi) is 4.51. The molecule has 0 spiro atoms. The van der Waals surface area contributed by atoms with Crippen molar-refractivity contribution < 1.29 is 4.74 Å². The molecule has 0 saturated heterocycles. The van der Waals surface area contributed by atoms with E-state index in [2.05, 4.69) is 43.0 Å². The van der Waals surface area contributed by atoms with Crippen LogP contribution in [-0.4, -0.2) is 23.1 Å². The molecule has 0 aromatic carbocycles. The summed E-state index contributed by atoms with van der Waals surface area (Å²) in [5.74, 6) is 3.07. The molecule has 0 aliphatic heterocycles. The van der Waals surface area contributed by atoms with E-state index in [-0.39, 0.29) is 6.10 Å². The van der Waals surface area contributed by atoms with E-state index in [9.17, 15) is 0 Å². The second-order valence-electron chi connectivity index (χ2n) is 6.76. The highest BCUT2D eigenvalue weighted by Crippen LogP contribution is 2.39. The standard InChI is InChI=1S/C16H27N3O/c1-6-13-18-14(17-5)8-15(19-13)20-12-7-11(2)9-16(3,4)10-12/h8,11-12H,6-7,9-10H2,1-5H3,(H,17,18,19). The highest BCUT2D eigenvalue weighted by Gasteiger charge is 2.33. The van der Waals surface area contributed by atoms with Crippen LogP contribution in [0.1, 0.15) is 52.8 Å². The number of rotatable bonds is 4. The van der Waals surface area contributed by atoms with Gasteiger partial charge in [-0.3, -0.25) is 0 Å². The minimum absolute atomic E-state index is 0.262. The van der Waals surface area contributed by atoms with Gasteiger partial charge < -0.3 is 10.1 Å². The van der Waals surface area contributed by atoms with Gasteiger partial charge in [-0.05, 0) is 30.6 Å². The number of aromatic nitrogens is 2. The molecule has 20 heavy (non-hydrogen) atoms. The maximum atomic E-state index is 6.16. The smallest absolute Gasteiger partial charge is 0.218 e. The number of nitrogens with zero attached hydrogens (tertiary/aromatic N) is 2. The van der Waals surface area contributed by atoms with Crippen LogP contribution in [0.5, 0.6) is 5.88 Å². The summed E-state index contributed by atoms with van der Waals surface area (Å²) in [6, 6.07) is 1.89. The summed E-state index contributed by atoms with van der Waals surface area (Å²) in [6.07, 6.45) is 4.57. The van der Waals surface area contributed by atoms with Crippen LogP contribution < -0.4 is 10.1 Å². The zero-order valence-electron chi connectivity index (χ0n) is 13.4. The average molecular weight is 277 g/mol. The highest BCUT2D eigenvalue weighted by atomic mass is 16.5. The Morgan fingerprint density at radius 3 is 2.70 bits per heavy atom. The van der Waals surface area contributed by atoms with E-state index in [1.807, 2.05) is 13.1 Å². The largest absolute Gasteiger partial charge is 0.474 e. The van der Waals surface area contributed by atoms with E-state index in [4.69, 9.17) is 4.74 Å². The van der Waals surface area contributed by atoms with Crippen molar-refractivity contribution >= 4 is 5.82 Å². The van der Waals surface area contributed by atoms with E-state index < -0.39 is 0 Å². The Morgan fingerprint density at radius 2 is 2.10 bits per heavy atom. The highest BCUT2D eigenvalue weighted by molar-refractivity contribution is 5.37. The molecule has 0 bridgehead atoms. The third-order valence-electron chi connectivity index (χ3n) is 3.96. The molecule has 1 fully saturated rings. The fraction of sp³-hybridized carbons (Fsp3) is 0.750. The number of anilines is 1. The molecule has 1 heterocycles. The lowest BCUT2D eigenvalue weighted by atomic mass is 9.71. The summed E-state index contributed by atoms with van der Waals surface area (Å²) in [5, 5.41) is 3.07. The molecule has 1 aliphatic rings. The van der Waals surface area contributed by atoms with Crippen molar-refractivity contribution in [2.75, 3.05) is 12.4 Å². The molecule has 1 saturated carbocycles. The Hall–Kier alpha value is -1.32. The number of nitrogens with one attached hydrogen (secondary N) is 1. The second kappa shape index (κ2) is 5.98. The fourth-order valence-corrected chi connectivity index (χ4v) is 3.34. The number of hydrogen-bond acceptors (Lipinski definition) is 4. The SMILES string of the molecule is CCc1nc(NC)cc(OC2CC(C)CC(C)(C)C2)n1. The predicted molar refractivity (Wildman–Crippen MR) is 82.2 cm³/mol. The maximum absolute atomic E-state index is 6.16. The molecule has 4 heteroatoms. The van der Waals surface area contributed by atoms with Crippen molar-refractivity contribution in [3.05, 3.63) is 11.9 Å². The van der Waals surface area contributed by atoms with Gasteiger partial charge in [0.1, 0.15) is 17.7 Å². The van der Waals surface area contributed by atoms with Gasteiger partial charge >= 0.3 is 0 Å². The van der Waals surface area contributed by atoms with Crippen molar-refractivity contribution in [3.63, 3.8) is 0 Å². The van der Waals surface area contributed by atoms with Crippen LogP contribution in [0.2, 0.25) is 0 Å². The Morgan fingerprint density at radius 1 is 1.35 bits per heavy atom. The molecular formula is C16H27N3O. The van der Waals surface area contributed by atoms with Crippen LogP contribution in [-0.2, 0) is 6.42 Å². The molecule has 2 atom stereocenters. The lowest BCUT2D eigenvalue weighted by Gasteiger charge is -2.38. The average Bonchev–Trinajstić information content (AvgIpc) is 2.35. The summed E-state index contributed by atoms with van der Waals surface area (Å²) in [6.45, 7) is 9.03. The van der Waals surface area contributed by atoms with E-state index >= 15 is 0 Å². The summed E-state index contributed by atoms with van der Waals surface area (Å²) >= 11 is 0. The number of ether oxygens (including phenoxy) is 1. The van der Waals surface area contributed by atoms with Gasteiger partial charge in [-0.15, -0.1) is 0 Å². The molecule has 1 N–H and O–H groups in total. The van der Waals surface area contributed by atoms with Crippen LogP contribution in [0.25, 0.3) is 0 Å². The van der Waals surface area contributed by atoms with Crippen molar-refractivity contribution in [1.82, 2.24) is 9.97 Å². The van der Waals surface area contributed by atoms with Crippen LogP contribution in [0.3, 0.4) is 0 Å². The summed E-state index contributed by atoms with van der Waals surface area (Å²) < 4.78 is 6.16. The van der Waals surface area contributed by atoms with Gasteiger partial charge in [-0.25, -0.2) is 4.98 Å². The van der Waals surface area contributed by atoms with Crippen LogP contribution >= 0.6 is 0 Å². The molecular weight excluding hydrogens is 250 g/mol. The Labute approximate surface area is 122 Å². The van der Waals surface area contributed by atoms with E-state index in [1.54, 1.807) is 0 Å². The topological polar surface area (TPSA) is 47.0 Å². The molecule has 0 radical (unpaired) electrons. The van der Waals surface area contributed by atoms with Gasteiger partial charge in [0.25, 0.3) is 0 Å². The van der Waals surface area contributed by atoms with Crippen molar-refractivity contribution in [1.29, 1.82) is 0 Å². The van der Waals surface area contributed by atoms with Gasteiger partial charge in [0.2, 0.25) is 5.88 Å². The lowest BCUT2D eigenvalue weighted by Crippen LogP contribution is -2.34. The zero-order chi connectivity index (χ0) is 14.8. The first-order chi connectivity index (χ1) is 9.41. The van der Waals surface area contributed by atoms with Crippen LogP contribution in [0.15, 0.2) is 6.07 Å². The molecule has 1 aromatic heterocycles. The van der Waals surface area contributed by atoms with Crippen LogP contribution in [0, 0.1) is 11.3 Å². The van der Waals surface area contributed by atoms with Crippen molar-refractivity contribution in [2.24, 2.45) is 11.3 Å². The van der Waals surface area contributed by atoms with E-state index in [1.165, 1.54) is 6.42 Å². The first-order valence-corrected chi connectivity index (χ1v) is 7.64.